The molecule has 0 radical (unpaired) electrons. The third kappa shape index (κ3) is 3.90. The van der Waals surface area contributed by atoms with Crippen LogP contribution in [0.5, 0.6) is 0 Å². The molecular weight excluding hydrogens is 248 g/mol. The monoisotopic (exact) mass is 270 g/mol. The average Bonchev–Trinajstić information content (AvgIpc) is 2.49. The predicted octanol–water partition coefficient (Wildman–Crippen LogP) is 3.28. The lowest BCUT2D eigenvalue weighted by Crippen LogP contribution is -2.32. The summed E-state index contributed by atoms with van der Waals surface area (Å²) in [5.41, 5.74) is 6.36. The van der Waals surface area contributed by atoms with Gasteiger partial charge in [-0.25, -0.2) is 0 Å². The number of ether oxygens (including phenoxy) is 1. The van der Waals surface area contributed by atoms with Crippen LogP contribution < -0.4 is 11.3 Å². The van der Waals surface area contributed by atoms with E-state index in [-0.39, 0.29) is 12.1 Å². The van der Waals surface area contributed by atoms with Crippen molar-refractivity contribution in [1.29, 1.82) is 0 Å². The molecule has 0 saturated heterocycles. The van der Waals surface area contributed by atoms with Crippen LogP contribution >= 0.6 is 0 Å². The SMILES string of the molecule is CC(C)OCC(NN)c1ccc(-c2ccccc2)cc1. The molecule has 0 amide bonds. The largest absolute Gasteiger partial charge is 0.377 e. The third-order valence-electron chi connectivity index (χ3n) is 3.22. The van der Waals surface area contributed by atoms with E-state index in [4.69, 9.17) is 10.6 Å². The van der Waals surface area contributed by atoms with Gasteiger partial charge >= 0.3 is 0 Å². The highest BCUT2D eigenvalue weighted by Crippen LogP contribution is 2.21. The van der Waals surface area contributed by atoms with Crippen LogP contribution in [0.4, 0.5) is 0 Å². The van der Waals surface area contributed by atoms with Gasteiger partial charge in [-0.3, -0.25) is 11.3 Å². The van der Waals surface area contributed by atoms with Gasteiger partial charge < -0.3 is 4.74 Å². The summed E-state index contributed by atoms with van der Waals surface area (Å²) in [7, 11) is 0. The molecule has 1 atom stereocenters. The first-order chi connectivity index (χ1) is 9.70. The molecular formula is C17H22N2O. The molecule has 0 saturated carbocycles. The van der Waals surface area contributed by atoms with E-state index in [1.807, 2.05) is 32.0 Å². The fourth-order valence-corrected chi connectivity index (χ4v) is 2.07. The van der Waals surface area contributed by atoms with E-state index in [9.17, 15) is 0 Å². The van der Waals surface area contributed by atoms with Crippen LogP contribution in [0.1, 0.15) is 25.5 Å². The minimum Gasteiger partial charge on any atom is -0.377 e. The van der Waals surface area contributed by atoms with Gasteiger partial charge in [-0.05, 0) is 30.5 Å². The maximum atomic E-state index is 5.62. The zero-order valence-electron chi connectivity index (χ0n) is 12.0. The molecule has 2 rings (SSSR count). The van der Waals surface area contributed by atoms with Crippen molar-refractivity contribution in [3.8, 4) is 11.1 Å². The van der Waals surface area contributed by atoms with Crippen LogP contribution in [0.25, 0.3) is 11.1 Å². The van der Waals surface area contributed by atoms with Gasteiger partial charge in [0.15, 0.2) is 0 Å². The second kappa shape index (κ2) is 7.20. The molecule has 1 unspecified atom stereocenters. The zero-order chi connectivity index (χ0) is 14.4. The lowest BCUT2D eigenvalue weighted by molar-refractivity contribution is 0.0611. The van der Waals surface area contributed by atoms with Crippen molar-refractivity contribution in [2.45, 2.75) is 26.0 Å². The van der Waals surface area contributed by atoms with Crippen LogP contribution in [0.15, 0.2) is 54.6 Å². The number of rotatable bonds is 6. The van der Waals surface area contributed by atoms with Gasteiger partial charge in [-0.1, -0.05) is 54.6 Å². The third-order valence-corrected chi connectivity index (χ3v) is 3.22. The first kappa shape index (κ1) is 14.7. The van der Waals surface area contributed by atoms with E-state index < -0.39 is 0 Å². The molecule has 0 fully saturated rings. The summed E-state index contributed by atoms with van der Waals surface area (Å²) in [6, 6.07) is 18.8. The molecule has 0 aromatic heterocycles. The van der Waals surface area contributed by atoms with Gasteiger partial charge in [0.1, 0.15) is 0 Å². The number of nitrogens with one attached hydrogen (secondary N) is 1. The normalized spacial score (nSPS) is 12.6. The van der Waals surface area contributed by atoms with Gasteiger partial charge in [0.25, 0.3) is 0 Å². The topological polar surface area (TPSA) is 47.3 Å². The van der Waals surface area contributed by atoms with E-state index in [2.05, 4.69) is 41.8 Å². The average molecular weight is 270 g/mol. The van der Waals surface area contributed by atoms with Gasteiger partial charge in [-0.2, -0.15) is 0 Å². The Hall–Kier alpha value is -1.68. The van der Waals surface area contributed by atoms with Gasteiger partial charge in [0.2, 0.25) is 0 Å². The van der Waals surface area contributed by atoms with Crippen LogP contribution in [0, 0.1) is 0 Å². The van der Waals surface area contributed by atoms with E-state index >= 15 is 0 Å². The lowest BCUT2D eigenvalue weighted by atomic mass is 10.0. The highest BCUT2D eigenvalue weighted by atomic mass is 16.5. The van der Waals surface area contributed by atoms with E-state index in [0.717, 1.165) is 5.56 Å². The Morgan fingerprint density at radius 1 is 0.950 bits per heavy atom. The Kier molecular flexibility index (Phi) is 5.30. The van der Waals surface area contributed by atoms with Gasteiger partial charge in [0.05, 0.1) is 18.8 Å². The molecule has 3 heteroatoms. The van der Waals surface area contributed by atoms with Crippen molar-refractivity contribution >= 4 is 0 Å². The number of hydrogen-bond donors (Lipinski definition) is 2. The minimum atomic E-state index is 0.0159. The number of hydrazine groups is 1. The summed E-state index contributed by atoms with van der Waals surface area (Å²) in [4.78, 5) is 0. The summed E-state index contributed by atoms with van der Waals surface area (Å²) in [6.45, 7) is 4.61. The fraction of sp³-hybridized carbons (Fsp3) is 0.294. The summed E-state index contributed by atoms with van der Waals surface area (Å²) < 4.78 is 5.62. The van der Waals surface area contributed by atoms with Crippen molar-refractivity contribution < 1.29 is 4.74 Å². The van der Waals surface area contributed by atoms with Crippen LogP contribution in [0.3, 0.4) is 0 Å². The molecule has 0 aliphatic carbocycles. The summed E-state index contributed by atoms with van der Waals surface area (Å²) in [5, 5.41) is 0. The van der Waals surface area contributed by atoms with Crippen molar-refractivity contribution in [2.75, 3.05) is 6.61 Å². The highest BCUT2D eigenvalue weighted by Gasteiger charge is 2.10. The minimum absolute atomic E-state index is 0.0159. The van der Waals surface area contributed by atoms with Crippen LogP contribution in [-0.4, -0.2) is 12.7 Å². The maximum absolute atomic E-state index is 5.62. The quantitative estimate of drug-likeness (QED) is 0.625. The van der Waals surface area contributed by atoms with Gasteiger partial charge in [0, 0.05) is 0 Å². The Morgan fingerprint density at radius 2 is 1.55 bits per heavy atom. The lowest BCUT2D eigenvalue weighted by Gasteiger charge is -2.18. The van der Waals surface area contributed by atoms with E-state index in [1.54, 1.807) is 0 Å². The molecule has 2 aromatic rings. The number of benzene rings is 2. The summed E-state index contributed by atoms with van der Waals surface area (Å²) >= 11 is 0. The smallest absolute Gasteiger partial charge is 0.0694 e. The Morgan fingerprint density at radius 3 is 2.10 bits per heavy atom. The Bertz CT molecular complexity index is 508. The molecule has 0 aliphatic rings. The van der Waals surface area contributed by atoms with Crippen molar-refractivity contribution in [2.24, 2.45) is 5.84 Å². The van der Waals surface area contributed by atoms with Gasteiger partial charge in [-0.15, -0.1) is 0 Å². The Balaban J connectivity index is 2.10. The van der Waals surface area contributed by atoms with E-state index in [1.165, 1.54) is 11.1 Å². The molecule has 0 bridgehead atoms. The molecule has 2 aromatic carbocycles. The maximum Gasteiger partial charge on any atom is 0.0694 e. The molecule has 3 nitrogen and oxygen atoms in total. The molecule has 0 aliphatic heterocycles. The summed E-state index contributed by atoms with van der Waals surface area (Å²) in [5.74, 6) is 5.61. The molecule has 20 heavy (non-hydrogen) atoms. The second-order valence-corrected chi connectivity index (χ2v) is 5.09. The molecule has 106 valence electrons. The number of nitrogens with two attached hydrogens (primary N) is 1. The fourth-order valence-electron chi connectivity index (χ4n) is 2.07. The molecule has 3 N–H and O–H groups in total. The standard InChI is InChI=1S/C17H22N2O/c1-13(2)20-12-17(19-18)16-10-8-15(9-11-16)14-6-4-3-5-7-14/h3-11,13,17,19H,12,18H2,1-2H3. The van der Waals surface area contributed by atoms with E-state index in [0.29, 0.717) is 6.61 Å². The second-order valence-electron chi connectivity index (χ2n) is 5.09. The first-order valence-corrected chi connectivity index (χ1v) is 6.94. The summed E-state index contributed by atoms with van der Waals surface area (Å²) in [6.07, 6.45) is 0.203. The van der Waals surface area contributed by atoms with Crippen LogP contribution in [-0.2, 0) is 4.74 Å². The first-order valence-electron chi connectivity index (χ1n) is 6.94. The van der Waals surface area contributed by atoms with Crippen LogP contribution in [0.2, 0.25) is 0 Å². The predicted molar refractivity (Wildman–Crippen MR) is 83.0 cm³/mol. The van der Waals surface area contributed by atoms with Crippen molar-refractivity contribution in [3.05, 3.63) is 60.2 Å². The highest BCUT2D eigenvalue weighted by molar-refractivity contribution is 5.63. The zero-order valence-corrected chi connectivity index (χ0v) is 12.0. The molecule has 0 spiro atoms. The van der Waals surface area contributed by atoms with Crippen molar-refractivity contribution in [3.63, 3.8) is 0 Å². The Labute approximate surface area is 120 Å². The number of hydrogen-bond acceptors (Lipinski definition) is 3. The molecule has 0 heterocycles. The van der Waals surface area contributed by atoms with Crippen molar-refractivity contribution in [1.82, 2.24) is 5.43 Å².